The Morgan fingerprint density at radius 3 is 2.62 bits per heavy atom. The summed E-state index contributed by atoms with van der Waals surface area (Å²) in [5.74, 6) is -0.472. The van der Waals surface area contributed by atoms with Crippen LogP contribution in [0.25, 0.3) is 10.8 Å². The maximum atomic E-state index is 12.7. The van der Waals surface area contributed by atoms with E-state index in [0.717, 1.165) is 19.4 Å². The van der Waals surface area contributed by atoms with E-state index >= 15 is 0 Å². The van der Waals surface area contributed by atoms with Crippen molar-refractivity contribution in [3.8, 4) is 0 Å². The van der Waals surface area contributed by atoms with Crippen LogP contribution in [-0.4, -0.2) is 48.7 Å². The monoisotopic (exact) mass is 408 g/mol. The Morgan fingerprint density at radius 1 is 1.19 bits per heavy atom. The molecule has 0 aliphatic rings. The summed E-state index contributed by atoms with van der Waals surface area (Å²) in [5, 5.41) is 12.4. The fraction of sp³-hybridized carbons (Fsp3) is 0.188. The predicted octanol–water partition coefficient (Wildman–Crippen LogP) is 2.67. The van der Waals surface area contributed by atoms with Gasteiger partial charge in [-0.05, 0) is 29.2 Å². The summed E-state index contributed by atoms with van der Waals surface area (Å²) in [6, 6.07) is 12.4. The minimum atomic E-state index is -3.78. The third-order valence-electron chi connectivity index (χ3n) is 3.62. The zero-order valence-corrected chi connectivity index (χ0v) is 16.5. The van der Waals surface area contributed by atoms with Crippen LogP contribution in [0, 0.1) is 0 Å². The SMILES string of the molecule is CSc1nnc(NC(=O)CN(C)S(=O)(=O)c2ccc3ccccc3c2)s1. The highest BCUT2D eigenvalue weighted by Gasteiger charge is 2.23. The highest BCUT2D eigenvalue weighted by Crippen LogP contribution is 2.24. The molecule has 10 heteroatoms. The Kier molecular flexibility index (Phi) is 5.56. The number of hydrogen-bond donors (Lipinski definition) is 1. The van der Waals surface area contributed by atoms with Crippen LogP contribution < -0.4 is 5.32 Å². The molecule has 0 aliphatic heterocycles. The molecule has 1 N–H and O–H groups in total. The van der Waals surface area contributed by atoms with Crippen molar-refractivity contribution < 1.29 is 13.2 Å². The van der Waals surface area contributed by atoms with Gasteiger partial charge in [0.2, 0.25) is 21.1 Å². The summed E-state index contributed by atoms with van der Waals surface area (Å²) in [6.45, 7) is -0.316. The van der Waals surface area contributed by atoms with Crippen LogP contribution in [-0.2, 0) is 14.8 Å². The molecule has 136 valence electrons. The molecule has 0 saturated carbocycles. The predicted molar refractivity (Wildman–Crippen MR) is 104 cm³/mol. The van der Waals surface area contributed by atoms with E-state index in [2.05, 4.69) is 15.5 Å². The molecule has 0 aliphatic carbocycles. The number of carbonyl (C=O) groups excluding carboxylic acids is 1. The molecule has 0 spiro atoms. The first-order chi connectivity index (χ1) is 12.4. The van der Waals surface area contributed by atoms with E-state index in [0.29, 0.717) is 5.13 Å². The van der Waals surface area contributed by atoms with Gasteiger partial charge in [-0.2, -0.15) is 4.31 Å². The van der Waals surface area contributed by atoms with Crippen LogP contribution >= 0.6 is 23.1 Å². The molecule has 1 amide bonds. The van der Waals surface area contributed by atoms with Crippen molar-refractivity contribution in [1.82, 2.24) is 14.5 Å². The fourth-order valence-corrected chi connectivity index (χ4v) is 4.65. The smallest absolute Gasteiger partial charge is 0.243 e. The Labute approximate surface area is 159 Å². The highest BCUT2D eigenvalue weighted by atomic mass is 32.2. The Balaban J connectivity index is 1.74. The normalized spacial score (nSPS) is 11.8. The van der Waals surface area contributed by atoms with Crippen molar-refractivity contribution in [1.29, 1.82) is 0 Å². The first kappa shape index (κ1) is 18.8. The van der Waals surface area contributed by atoms with E-state index in [9.17, 15) is 13.2 Å². The number of hydrogen-bond acceptors (Lipinski definition) is 7. The molecule has 0 fully saturated rings. The van der Waals surface area contributed by atoms with Gasteiger partial charge >= 0.3 is 0 Å². The zero-order chi connectivity index (χ0) is 18.7. The van der Waals surface area contributed by atoms with Crippen molar-refractivity contribution in [2.24, 2.45) is 0 Å². The molecule has 0 bridgehead atoms. The van der Waals surface area contributed by atoms with Crippen molar-refractivity contribution in [2.75, 3.05) is 25.2 Å². The van der Waals surface area contributed by atoms with Gasteiger partial charge in [-0.25, -0.2) is 8.42 Å². The first-order valence-electron chi connectivity index (χ1n) is 7.52. The van der Waals surface area contributed by atoms with E-state index < -0.39 is 15.9 Å². The molecule has 2 aromatic carbocycles. The second-order valence-electron chi connectivity index (χ2n) is 5.40. The van der Waals surface area contributed by atoms with Gasteiger partial charge in [0.1, 0.15) is 0 Å². The fourth-order valence-electron chi connectivity index (χ4n) is 2.30. The maximum absolute atomic E-state index is 12.7. The van der Waals surface area contributed by atoms with E-state index in [4.69, 9.17) is 0 Å². The van der Waals surface area contributed by atoms with Gasteiger partial charge in [0.15, 0.2) is 4.34 Å². The topological polar surface area (TPSA) is 92.3 Å². The second-order valence-corrected chi connectivity index (χ2v) is 9.47. The van der Waals surface area contributed by atoms with Crippen LogP contribution in [0.4, 0.5) is 5.13 Å². The minimum Gasteiger partial charge on any atom is -0.299 e. The number of benzene rings is 2. The molecule has 1 heterocycles. The quantitative estimate of drug-likeness (QED) is 0.498. The molecule has 0 saturated heterocycles. The lowest BCUT2D eigenvalue weighted by atomic mass is 10.1. The molecule has 26 heavy (non-hydrogen) atoms. The number of carbonyl (C=O) groups is 1. The molecule has 0 radical (unpaired) electrons. The summed E-state index contributed by atoms with van der Waals surface area (Å²) in [4.78, 5) is 12.3. The number of sulfonamides is 1. The van der Waals surface area contributed by atoms with Gasteiger partial charge in [0.25, 0.3) is 0 Å². The molecule has 0 unspecified atom stereocenters. The summed E-state index contributed by atoms with van der Waals surface area (Å²) in [6.07, 6.45) is 1.86. The molecule has 1 aromatic heterocycles. The zero-order valence-electron chi connectivity index (χ0n) is 14.0. The number of likely N-dealkylation sites (N-methyl/N-ethyl adjacent to an activating group) is 1. The number of nitrogens with one attached hydrogen (secondary N) is 1. The average molecular weight is 409 g/mol. The van der Waals surface area contributed by atoms with Gasteiger partial charge in [0, 0.05) is 7.05 Å². The molecule has 7 nitrogen and oxygen atoms in total. The minimum absolute atomic E-state index is 0.145. The molecular weight excluding hydrogens is 392 g/mol. The molecule has 3 aromatic rings. The Bertz CT molecular complexity index is 1050. The van der Waals surface area contributed by atoms with Gasteiger partial charge in [0.05, 0.1) is 11.4 Å². The molecule has 0 atom stereocenters. The third kappa shape index (κ3) is 4.04. The van der Waals surface area contributed by atoms with Crippen molar-refractivity contribution >= 4 is 54.9 Å². The third-order valence-corrected chi connectivity index (χ3v) is 7.24. The summed E-state index contributed by atoms with van der Waals surface area (Å²) < 4.78 is 27.2. The second kappa shape index (κ2) is 7.70. The van der Waals surface area contributed by atoms with Gasteiger partial charge in [-0.1, -0.05) is 53.4 Å². The lowest BCUT2D eigenvalue weighted by molar-refractivity contribution is -0.116. The van der Waals surface area contributed by atoms with E-state index in [1.165, 1.54) is 30.1 Å². The number of amides is 1. The van der Waals surface area contributed by atoms with Crippen molar-refractivity contribution in [3.05, 3.63) is 42.5 Å². The largest absolute Gasteiger partial charge is 0.299 e. The van der Waals surface area contributed by atoms with Crippen molar-refractivity contribution in [2.45, 2.75) is 9.24 Å². The number of fused-ring (bicyclic) bond motifs is 1. The lowest BCUT2D eigenvalue weighted by Gasteiger charge is -2.16. The van der Waals surface area contributed by atoms with Crippen LogP contribution in [0.1, 0.15) is 0 Å². The first-order valence-corrected chi connectivity index (χ1v) is 11.0. The van der Waals surface area contributed by atoms with Crippen LogP contribution in [0.15, 0.2) is 51.7 Å². The summed E-state index contributed by atoms with van der Waals surface area (Å²) >= 11 is 2.65. The van der Waals surface area contributed by atoms with E-state index in [-0.39, 0.29) is 11.4 Å². The summed E-state index contributed by atoms with van der Waals surface area (Å²) in [7, 11) is -2.41. The van der Waals surface area contributed by atoms with Crippen LogP contribution in [0.3, 0.4) is 0 Å². The van der Waals surface area contributed by atoms with Gasteiger partial charge in [-0.3, -0.25) is 10.1 Å². The molecular formula is C16H16N4O3S3. The van der Waals surface area contributed by atoms with Crippen LogP contribution in [0.5, 0.6) is 0 Å². The summed E-state index contributed by atoms with van der Waals surface area (Å²) in [5.41, 5.74) is 0. The Morgan fingerprint density at radius 2 is 1.92 bits per heavy atom. The highest BCUT2D eigenvalue weighted by molar-refractivity contribution is 8.00. The standard InChI is InChI=1S/C16H16N4O3S3/c1-20(10-14(21)17-15-18-19-16(24-2)25-15)26(22,23)13-8-7-11-5-3-4-6-12(11)9-13/h3-9H,10H2,1-2H3,(H,17,18,21). The number of rotatable bonds is 6. The van der Waals surface area contributed by atoms with E-state index in [1.54, 1.807) is 18.2 Å². The van der Waals surface area contributed by atoms with Gasteiger partial charge in [-0.15, -0.1) is 10.2 Å². The number of anilines is 1. The maximum Gasteiger partial charge on any atom is 0.243 e. The lowest BCUT2D eigenvalue weighted by Crippen LogP contribution is -2.34. The van der Waals surface area contributed by atoms with Crippen molar-refractivity contribution in [3.63, 3.8) is 0 Å². The van der Waals surface area contributed by atoms with E-state index in [1.807, 2.05) is 30.5 Å². The van der Waals surface area contributed by atoms with Gasteiger partial charge < -0.3 is 0 Å². The number of thioether (sulfide) groups is 1. The average Bonchev–Trinajstić information content (AvgIpc) is 3.08. The Hall–Kier alpha value is -2.01. The number of aromatic nitrogens is 2. The molecule has 3 rings (SSSR count). The number of nitrogens with zero attached hydrogens (tertiary/aromatic N) is 3. The van der Waals surface area contributed by atoms with Crippen LogP contribution in [0.2, 0.25) is 0 Å².